The van der Waals surface area contributed by atoms with Gasteiger partial charge in [-0.05, 0) is 31.0 Å². The van der Waals surface area contributed by atoms with Crippen molar-refractivity contribution in [2.24, 2.45) is 4.99 Å². The third-order valence-electron chi connectivity index (χ3n) is 4.31. The quantitative estimate of drug-likeness (QED) is 0.820. The Kier molecular flexibility index (Phi) is 5.01. The van der Waals surface area contributed by atoms with Crippen LogP contribution in [0.1, 0.15) is 31.7 Å². The molecule has 1 amide bonds. The summed E-state index contributed by atoms with van der Waals surface area (Å²) in [5, 5.41) is 0.597. The molecule has 0 N–H and O–H groups in total. The van der Waals surface area contributed by atoms with Crippen LogP contribution in [0.4, 0.5) is 5.69 Å². The lowest BCUT2D eigenvalue weighted by Gasteiger charge is -2.24. The third kappa shape index (κ3) is 3.67. The number of hydrogen-bond donors (Lipinski definition) is 0. The minimum absolute atomic E-state index is 0.0479. The van der Waals surface area contributed by atoms with Crippen LogP contribution in [0.15, 0.2) is 29.3 Å². The smallest absolute Gasteiger partial charge is 0.248 e. The molecular formula is C17H22N2O3S2. The van der Waals surface area contributed by atoms with E-state index in [1.165, 1.54) is 11.8 Å². The van der Waals surface area contributed by atoms with Gasteiger partial charge in [0.25, 0.3) is 0 Å². The fourth-order valence-electron chi connectivity index (χ4n) is 3.13. The van der Waals surface area contributed by atoms with Crippen LogP contribution in [0.2, 0.25) is 0 Å². The molecule has 2 saturated heterocycles. The van der Waals surface area contributed by atoms with E-state index >= 15 is 0 Å². The number of sulfone groups is 1. The highest BCUT2D eigenvalue weighted by Gasteiger charge is 2.49. The summed E-state index contributed by atoms with van der Waals surface area (Å²) in [4.78, 5) is 18.4. The van der Waals surface area contributed by atoms with E-state index in [9.17, 15) is 13.2 Å². The summed E-state index contributed by atoms with van der Waals surface area (Å²) in [6.07, 6.45) is 2.22. The topological polar surface area (TPSA) is 66.8 Å². The second kappa shape index (κ2) is 6.88. The van der Waals surface area contributed by atoms with Gasteiger partial charge in [-0.15, -0.1) is 0 Å². The van der Waals surface area contributed by atoms with Crippen LogP contribution in [-0.2, 0) is 14.6 Å². The van der Waals surface area contributed by atoms with Crippen molar-refractivity contribution in [2.45, 2.75) is 44.4 Å². The molecule has 2 atom stereocenters. The van der Waals surface area contributed by atoms with Crippen LogP contribution < -0.4 is 4.90 Å². The van der Waals surface area contributed by atoms with Crippen molar-refractivity contribution in [1.82, 2.24) is 0 Å². The van der Waals surface area contributed by atoms with Gasteiger partial charge in [0, 0.05) is 17.4 Å². The monoisotopic (exact) mass is 366 g/mol. The molecule has 2 aliphatic heterocycles. The molecule has 0 aromatic heterocycles. The largest absolute Gasteiger partial charge is 0.316 e. The van der Waals surface area contributed by atoms with Crippen molar-refractivity contribution in [1.29, 1.82) is 0 Å². The number of thioether (sulfide) groups is 1. The zero-order valence-electron chi connectivity index (χ0n) is 13.9. The van der Waals surface area contributed by atoms with Gasteiger partial charge in [-0.1, -0.05) is 37.2 Å². The van der Waals surface area contributed by atoms with Crippen LogP contribution in [0.25, 0.3) is 0 Å². The average Bonchev–Trinajstić information content (AvgIpc) is 2.96. The predicted octanol–water partition coefficient (Wildman–Crippen LogP) is 2.79. The molecule has 24 heavy (non-hydrogen) atoms. The van der Waals surface area contributed by atoms with Gasteiger partial charge in [0.05, 0.1) is 17.5 Å². The molecular weight excluding hydrogens is 344 g/mol. The highest BCUT2D eigenvalue weighted by atomic mass is 32.2. The van der Waals surface area contributed by atoms with Crippen LogP contribution in [0.3, 0.4) is 0 Å². The van der Waals surface area contributed by atoms with Gasteiger partial charge >= 0.3 is 0 Å². The van der Waals surface area contributed by atoms with Crippen molar-refractivity contribution < 1.29 is 13.2 Å². The Labute approximate surface area is 147 Å². The fraction of sp³-hybridized carbons (Fsp3) is 0.529. The number of amidine groups is 1. The van der Waals surface area contributed by atoms with Crippen LogP contribution in [0, 0.1) is 6.92 Å². The zero-order chi connectivity index (χ0) is 17.3. The maximum atomic E-state index is 12.1. The molecule has 3 rings (SSSR count). The number of amides is 1. The Morgan fingerprint density at radius 1 is 1.38 bits per heavy atom. The van der Waals surface area contributed by atoms with Gasteiger partial charge in [0.2, 0.25) is 5.91 Å². The van der Waals surface area contributed by atoms with Crippen LogP contribution in [0.5, 0.6) is 0 Å². The molecule has 2 fully saturated rings. The highest BCUT2D eigenvalue weighted by molar-refractivity contribution is 8.16. The summed E-state index contributed by atoms with van der Waals surface area (Å²) in [6.45, 7) is 4.04. The SMILES string of the molecule is CCCCC(=O)N=C1S[C@H]2CS(=O)(=O)C[C@H]2N1c1cccc(C)c1. The number of carbonyl (C=O) groups is 1. The van der Waals surface area contributed by atoms with Gasteiger partial charge in [-0.2, -0.15) is 4.99 Å². The first-order chi connectivity index (χ1) is 11.4. The molecule has 2 heterocycles. The summed E-state index contributed by atoms with van der Waals surface area (Å²) < 4.78 is 24.0. The molecule has 130 valence electrons. The number of rotatable bonds is 4. The number of fused-ring (bicyclic) bond motifs is 1. The first-order valence-corrected chi connectivity index (χ1v) is 10.9. The number of nitrogens with zero attached hydrogens (tertiary/aromatic N) is 2. The normalized spacial score (nSPS) is 26.8. The number of anilines is 1. The average molecular weight is 367 g/mol. The van der Waals surface area contributed by atoms with Gasteiger partial charge in [0.15, 0.2) is 15.0 Å². The van der Waals surface area contributed by atoms with E-state index in [0.29, 0.717) is 11.6 Å². The second-order valence-electron chi connectivity index (χ2n) is 6.40. The van der Waals surface area contributed by atoms with Crippen molar-refractivity contribution >= 4 is 38.4 Å². The highest BCUT2D eigenvalue weighted by Crippen LogP contribution is 2.41. The summed E-state index contributed by atoms with van der Waals surface area (Å²) in [7, 11) is -3.03. The molecule has 0 unspecified atom stereocenters. The zero-order valence-corrected chi connectivity index (χ0v) is 15.6. The van der Waals surface area contributed by atoms with Gasteiger partial charge in [0.1, 0.15) is 0 Å². The van der Waals surface area contributed by atoms with E-state index in [2.05, 4.69) is 4.99 Å². The number of aliphatic imine (C=N–C) groups is 1. The molecule has 0 bridgehead atoms. The molecule has 0 aliphatic carbocycles. The first kappa shape index (κ1) is 17.5. The molecule has 5 nitrogen and oxygen atoms in total. The maximum absolute atomic E-state index is 12.1. The molecule has 2 aliphatic rings. The predicted molar refractivity (Wildman–Crippen MR) is 99.4 cm³/mol. The fourth-order valence-corrected chi connectivity index (χ4v) is 7.07. The molecule has 0 radical (unpaired) electrons. The van der Waals surface area contributed by atoms with E-state index in [4.69, 9.17) is 0 Å². The Morgan fingerprint density at radius 3 is 2.88 bits per heavy atom. The Hall–Kier alpha value is -1.34. The molecule has 0 spiro atoms. The summed E-state index contributed by atoms with van der Waals surface area (Å²) in [5.74, 6) is 0.160. The van der Waals surface area contributed by atoms with Gasteiger partial charge in [-0.3, -0.25) is 4.79 Å². The molecule has 0 saturated carbocycles. The standard InChI is InChI=1S/C17H22N2O3S2/c1-3-4-8-16(20)18-17-19(13-7-5-6-12(2)9-13)14-10-24(21,22)11-15(14)23-17/h5-7,9,14-15H,3-4,8,10-11H2,1-2H3/t14-,15+/m1/s1. The number of unbranched alkanes of at least 4 members (excludes halogenated alkanes) is 1. The van der Waals surface area contributed by atoms with E-state index in [-0.39, 0.29) is 28.7 Å². The molecule has 7 heteroatoms. The second-order valence-corrected chi connectivity index (χ2v) is 9.76. The lowest BCUT2D eigenvalue weighted by molar-refractivity contribution is -0.117. The Bertz CT molecular complexity index is 774. The maximum Gasteiger partial charge on any atom is 0.248 e. The molecule has 1 aromatic rings. The Balaban J connectivity index is 1.94. The van der Waals surface area contributed by atoms with E-state index in [0.717, 1.165) is 24.1 Å². The van der Waals surface area contributed by atoms with Crippen molar-refractivity contribution in [3.05, 3.63) is 29.8 Å². The number of benzene rings is 1. The lowest BCUT2D eigenvalue weighted by atomic mass is 10.1. The summed E-state index contributed by atoms with van der Waals surface area (Å²) in [5.41, 5.74) is 2.01. The lowest BCUT2D eigenvalue weighted by Crippen LogP contribution is -2.37. The first-order valence-electron chi connectivity index (χ1n) is 8.24. The number of aryl methyl sites for hydroxylation is 1. The van der Waals surface area contributed by atoms with Crippen molar-refractivity contribution in [3.63, 3.8) is 0 Å². The van der Waals surface area contributed by atoms with E-state index < -0.39 is 9.84 Å². The van der Waals surface area contributed by atoms with Crippen LogP contribution >= 0.6 is 11.8 Å². The van der Waals surface area contributed by atoms with Crippen molar-refractivity contribution in [3.8, 4) is 0 Å². The minimum atomic E-state index is -3.03. The van der Waals surface area contributed by atoms with E-state index in [1.807, 2.05) is 43.0 Å². The van der Waals surface area contributed by atoms with Gasteiger partial charge < -0.3 is 4.90 Å². The summed E-state index contributed by atoms with van der Waals surface area (Å²) >= 11 is 1.43. The van der Waals surface area contributed by atoms with Crippen LogP contribution in [-0.4, -0.2) is 42.3 Å². The molecule has 1 aromatic carbocycles. The number of carbonyl (C=O) groups excluding carboxylic acids is 1. The Morgan fingerprint density at radius 2 is 2.17 bits per heavy atom. The summed E-state index contributed by atoms with van der Waals surface area (Å²) in [6, 6.07) is 7.77. The van der Waals surface area contributed by atoms with Gasteiger partial charge in [-0.25, -0.2) is 8.42 Å². The third-order valence-corrected chi connectivity index (χ3v) is 7.52. The van der Waals surface area contributed by atoms with E-state index in [1.54, 1.807) is 0 Å². The number of hydrogen-bond acceptors (Lipinski definition) is 4. The van der Waals surface area contributed by atoms with Crippen molar-refractivity contribution in [2.75, 3.05) is 16.4 Å². The minimum Gasteiger partial charge on any atom is -0.316 e.